The molecule has 0 radical (unpaired) electrons. The molecule has 0 atom stereocenters. The van der Waals surface area contributed by atoms with Crippen LogP contribution in [0.3, 0.4) is 0 Å². The molecule has 6 heteroatoms. The molecule has 21 heavy (non-hydrogen) atoms. The van der Waals surface area contributed by atoms with Crippen LogP contribution < -0.4 is 0 Å². The summed E-state index contributed by atoms with van der Waals surface area (Å²) in [5.74, 6) is -2.74. The van der Waals surface area contributed by atoms with Crippen LogP contribution in [0.5, 0.6) is 0 Å². The molecule has 0 aromatic heterocycles. The number of nitrogens with zero attached hydrogens (tertiary/aromatic N) is 1. The molecule has 1 N–H and O–H groups in total. The van der Waals surface area contributed by atoms with Crippen molar-refractivity contribution in [3.05, 3.63) is 35.4 Å². The second-order valence-corrected chi connectivity index (χ2v) is 5.62. The van der Waals surface area contributed by atoms with E-state index in [4.69, 9.17) is 5.11 Å². The molecule has 0 spiro atoms. The van der Waals surface area contributed by atoms with E-state index in [2.05, 4.69) is 0 Å². The van der Waals surface area contributed by atoms with E-state index >= 15 is 0 Å². The smallest absolute Gasteiger partial charge is 0.309 e. The average Bonchev–Trinajstić information content (AvgIpc) is 2.43. The third-order valence-electron chi connectivity index (χ3n) is 4.13. The lowest BCUT2D eigenvalue weighted by atomic mass is 9.80. The molecule has 1 aromatic carbocycles. The topological polar surface area (TPSA) is 57.6 Å². The summed E-state index contributed by atoms with van der Waals surface area (Å²) in [6.07, 6.45) is 0.337. The van der Waals surface area contributed by atoms with Crippen LogP contribution in [0.2, 0.25) is 0 Å². The highest BCUT2D eigenvalue weighted by Gasteiger charge is 2.38. The van der Waals surface area contributed by atoms with Crippen LogP contribution in [-0.2, 0) is 16.0 Å². The molecular formula is C15H17F2NO3. The lowest BCUT2D eigenvalue weighted by Gasteiger charge is -2.36. The highest BCUT2D eigenvalue weighted by Crippen LogP contribution is 2.31. The third-order valence-corrected chi connectivity index (χ3v) is 4.13. The van der Waals surface area contributed by atoms with Crippen molar-refractivity contribution in [2.45, 2.75) is 26.2 Å². The molecule has 1 heterocycles. The van der Waals surface area contributed by atoms with Gasteiger partial charge in [-0.15, -0.1) is 0 Å². The molecule has 1 aromatic rings. The molecular weight excluding hydrogens is 280 g/mol. The second kappa shape index (κ2) is 5.79. The molecule has 1 amide bonds. The molecule has 1 fully saturated rings. The summed E-state index contributed by atoms with van der Waals surface area (Å²) in [6.45, 7) is 2.23. The van der Waals surface area contributed by atoms with Gasteiger partial charge in [0.05, 0.1) is 11.8 Å². The minimum absolute atomic E-state index is 0.242. The van der Waals surface area contributed by atoms with Gasteiger partial charge in [-0.1, -0.05) is 6.07 Å². The van der Waals surface area contributed by atoms with E-state index in [0.717, 1.165) is 12.1 Å². The number of amides is 1. The predicted molar refractivity (Wildman–Crippen MR) is 71.6 cm³/mol. The van der Waals surface area contributed by atoms with E-state index in [-0.39, 0.29) is 31.0 Å². The van der Waals surface area contributed by atoms with E-state index in [0.29, 0.717) is 12.8 Å². The molecule has 0 saturated carbocycles. The molecule has 0 bridgehead atoms. The van der Waals surface area contributed by atoms with Crippen LogP contribution in [0, 0.1) is 17.0 Å². The molecule has 1 aliphatic rings. The Labute approximate surface area is 121 Å². The quantitative estimate of drug-likeness (QED) is 0.930. The second-order valence-electron chi connectivity index (χ2n) is 5.62. The van der Waals surface area contributed by atoms with Crippen LogP contribution in [0.25, 0.3) is 0 Å². The Morgan fingerprint density at radius 1 is 1.24 bits per heavy atom. The van der Waals surface area contributed by atoms with Gasteiger partial charge in [-0.3, -0.25) is 9.59 Å². The maximum Gasteiger partial charge on any atom is 0.309 e. The van der Waals surface area contributed by atoms with Crippen LogP contribution in [0.1, 0.15) is 25.3 Å². The number of carboxylic acid groups (broad SMARTS) is 1. The fraction of sp³-hybridized carbons (Fsp3) is 0.467. The standard InChI is InChI=1S/C15H17F2NO3/c1-15(14(20)21)5-7-18(8-6-15)13(19)9-10-11(16)3-2-4-12(10)17/h2-4H,5-9H2,1H3,(H,20,21). The number of benzene rings is 1. The first-order chi connectivity index (χ1) is 9.83. The molecule has 1 saturated heterocycles. The van der Waals surface area contributed by atoms with Crippen molar-refractivity contribution in [2.75, 3.05) is 13.1 Å². The van der Waals surface area contributed by atoms with Crippen molar-refractivity contribution in [1.82, 2.24) is 4.90 Å². The molecule has 114 valence electrons. The van der Waals surface area contributed by atoms with Crippen LogP contribution in [0.15, 0.2) is 18.2 Å². The molecule has 0 unspecified atom stereocenters. The zero-order valence-corrected chi connectivity index (χ0v) is 11.7. The van der Waals surface area contributed by atoms with Gasteiger partial charge in [0.25, 0.3) is 0 Å². The minimum Gasteiger partial charge on any atom is -0.481 e. The highest BCUT2D eigenvalue weighted by molar-refractivity contribution is 5.80. The Morgan fingerprint density at radius 2 is 1.76 bits per heavy atom. The average molecular weight is 297 g/mol. The number of piperidine rings is 1. The van der Waals surface area contributed by atoms with Crippen LogP contribution >= 0.6 is 0 Å². The van der Waals surface area contributed by atoms with Crippen molar-refractivity contribution in [3.63, 3.8) is 0 Å². The van der Waals surface area contributed by atoms with Gasteiger partial charge in [0.2, 0.25) is 5.91 Å². The van der Waals surface area contributed by atoms with E-state index in [1.165, 1.54) is 11.0 Å². The zero-order valence-electron chi connectivity index (χ0n) is 11.7. The number of carbonyl (C=O) groups is 2. The highest BCUT2D eigenvalue weighted by atomic mass is 19.1. The van der Waals surface area contributed by atoms with Crippen LogP contribution in [-0.4, -0.2) is 35.0 Å². The maximum absolute atomic E-state index is 13.5. The molecule has 4 nitrogen and oxygen atoms in total. The SMILES string of the molecule is CC1(C(=O)O)CCN(C(=O)Cc2c(F)cccc2F)CC1. The van der Waals surface area contributed by atoms with Gasteiger partial charge < -0.3 is 10.0 Å². The minimum atomic E-state index is -0.880. The van der Waals surface area contributed by atoms with Crippen molar-refractivity contribution in [2.24, 2.45) is 5.41 Å². The predicted octanol–water partition coefficient (Wildman–Crippen LogP) is 2.22. The van der Waals surface area contributed by atoms with E-state index in [9.17, 15) is 18.4 Å². The summed E-state index contributed by atoms with van der Waals surface area (Å²) in [5, 5.41) is 9.13. The van der Waals surface area contributed by atoms with Crippen molar-refractivity contribution >= 4 is 11.9 Å². The Bertz CT molecular complexity index is 546. The Kier molecular flexibility index (Phi) is 4.25. The van der Waals surface area contributed by atoms with E-state index < -0.39 is 23.0 Å². The van der Waals surface area contributed by atoms with Gasteiger partial charge >= 0.3 is 5.97 Å². The summed E-state index contributed by atoms with van der Waals surface area (Å²) in [6, 6.07) is 3.48. The zero-order chi connectivity index (χ0) is 15.6. The Morgan fingerprint density at radius 3 is 2.24 bits per heavy atom. The van der Waals surface area contributed by atoms with Crippen molar-refractivity contribution in [3.8, 4) is 0 Å². The largest absolute Gasteiger partial charge is 0.481 e. The number of likely N-dealkylation sites (tertiary alicyclic amines) is 1. The van der Waals surface area contributed by atoms with E-state index in [1.54, 1.807) is 6.92 Å². The summed E-state index contributed by atoms with van der Waals surface area (Å²) < 4.78 is 27.0. The normalized spacial score (nSPS) is 17.6. The molecule has 2 rings (SSSR count). The first kappa shape index (κ1) is 15.4. The summed E-state index contributed by atoms with van der Waals surface area (Å²) in [5.41, 5.74) is -1.07. The van der Waals surface area contributed by atoms with Crippen molar-refractivity contribution in [1.29, 1.82) is 0 Å². The van der Waals surface area contributed by atoms with Gasteiger partial charge in [0, 0.05) is 18.7 Å². The van der Waals surface area contributed by atoms with Gasteiger partial charge in [-0.05, 0) is 31.9 Å². The summed E-state index contributed by atoms with van der Waals surface area (Å²) in [7, 11) is 0. The number of hydrogen-bond acceptors (Lipinski definition) is 2. The van der Waals surface area contributed by atoms with Gasteiger partial charge in [-0.25, -0.2) is 8.78 Å². The lowest BCUT2D eigenvalue weighted by molar-refractivity contribution is -0.152. The monoisotopic (exact) mass is 297 g/mol. The van der Waals surface area contributed by atoms with Gasteiger partial charge in [0.1, 0.15) is 11.6 Å². The fourth-order valence-electron chi connectivity index (χ4n) is 2.43. The number of carbonyl (C=O) groups excluding carboxylic acids is 1. The number of hydrogen-bond donors (Lipinski definition) is 1. The lowest BCUT2D eigenvalue weighted by Crippen LogP contribution is -2.45. The third kappa shape index (κ3) is 3.20. The maximum atomic E-state index is 13.5. The van der Waals surface area contributed by atoms with Gasteiger partial charge in [0.15, 0.2) is 0 Å². The van der Waals surface area contributed by atoms with Crippen LogP contribution in [0.4, 0.5) is 8.78 Å². The Hall–Kier alpha value is -1.98. The summed E-state index contributed by atoms with van der Waals surface area (Å²) in [4.78, 5) is 24.7. The van der Waals surface area contributed by atoms with E-state index in [1.807, 2.05) is 0 Å². The van der Waals surface area contributed by atoms with Crippen molar-refractivity contribution < 1.29 is 23.5 Å². The Balaban J connectivity index is 2.02. The molecule has 1 aliphatic heterocycles. The first-order valence-corrected chi connectivity index (χ1v) is 6.77. The fourth-order valence-corrected chi connectivity index (χ4v) is 2.43. The number of carboxylic acids is 1. The van der Waals surface area contributed by atoms with Gasteiger partial charge in [-0.2, -0.15) is 0 Å². The summed E-state index contributed by atoms with van der Waals surface area (Å²) >= 11 is 0. The number of aliphatic carboxylic acids is 1. The number of rotatable bonds is 3. The molecule has 0 aliphatic carbocycles. The first-order valence-electron chi connectivity index (χ1n) is 6.77. The number of halogens is 2.